The van der Waals surface area contributed by atoms with E-state index in [2.05, 4.69) is 10.6 Å². The molecule has 0 fully saturated rings. The lowest BCUT2D eigenvalue weighted by Gasteiger charge is -2.31. The first kappa shape index (κ1) is 15.6. The van der Waals surface area contributed by atoms with Gasteiger partial charge in [-0.05, 0) is 37.1 Å². The van der Waals surface area contributed by atoms with E-state index < -0.39 is 12.1 Å². The minimum atomic E-state index is -0.732. The standard InChI is InChI=1S/C12H17N3O3.ClH/c1-14-8-4-2-6-7(11(8)17)3-5-9(16)10(6)15-12(13)18;/h3,5,8,11,14,16-17H,2,4H2,1H3,(H3,13,15,18);1H/t8-,11+;/m1./s1. The molecule has 0 bridgehead atoms. The van der Waals surface area contributed by atoms with Crippen LogP contribution in [0.25, 0.3) is 0 Å². The summed E-state index contributed by atoms with van der Waals surface area (Å²) in [5, 5.41) is 25.4. The summed E-state index contributed by atoms with van der Waals surface area (Å²) in [4.78, 5) is 10.9. The van der Waals surface area contributed by atoms with Crippen LogP contribution in [0.15, 0.2) is 12.1 Å². The molecule has 0 saturated carbocycles. The van der Waals surface area contributed by atoms with E-state index in [-0.39, 0.29) is 24.2 Å². The zero-order valence-corrected chi connectivity index (χ0v) is 11.3. The summed E-state index contributed by atoms with van der Waals surface area (Å²) in [6.45, 7) is 0. The SMILES string of the molecule is CN[C@@H]1CCc2c(ccc(O)c2NC(N)=O)[C@@H]1O.Cl. The number of phenols is 1. The number of aromatic hydroxyl groups is 1. The van der Waals surface area contributed by atoms with Gasteiger partial charge in [-0.25, -0.2) is 4.79 Å². The number of phenolic OH excluding ortho intramolecular Hbond substituents is 1. The molecule has 19 heavy (non-hydrogen) atoms. The van der Waals surface area contributed by atoms with Gasteiger partial charge in [0.25, 0.3) is 0 Å². The number of hydrogen-bond donors (Lipinski definition) is 5. The molecular formula is C12H18ClN3O3. The highest BCUT2D eigenvalue weighted by molar-refractivity contribution is 5.91. The van der Waals surface area contributed by atoms with Gasteiger partial charge in [0, 0.05) is 6.04 Å². The summed E-state index contributed by atoms with van der Waals surface area (Å²) in [6, 6.07) is 2.36. The first-order valence-corrected chi connectivity index (χ1v) is 5.81. The van der Waals surface area contributed by atoms with Crippen molar-refractivity contribution in [3.63, 3.8) is 0 Å². The monoisotopic (exact) mass is 287 g/mol. The number of fused-ring (bicyclic) bond motifs is 1. The van der Waals surface area contributed by atoms with E-state index in [1.165, 1.54) is 6.07 Å². The van der Waals surface area contributed by atoms with Crippen LogP contribution in [0.2, 0.25) is 0 Å². The molecule has 2 rings (SSSR count). The fourth-order valence-corrected chi connectivity index (χ4v) is 2.44. The second-order valence-corrected chi connectivity index (χ2v) is 4.40. The molecule has 7 heteroatoms. The maximum Gasteiger partial charge on any atom is 0.316 e. The van der Waals surface area contributed by atoms with Gasteiger partial charge in [-0.15, -0.1) is 12.4 Å². The predicted octanol–water partition coefficient (Wildman–Crippen LogP) is 0.872. The minimum absolute atomic E-state index is 0. The van der Waals surface area contributed by atoms with E-state index in [9.17, 15) is 15.0 Å². The molecule has 106 valence electrons. The van der Waals surface area contributed by atoms with Gasteiger partial charge in [-0.2, -0.15) is 0 Å². The predicted molar refractivity (Wildman–Crippen MR) is 74.7 cm³/mol. The lowest BCUT2D eigenvalue weighted by molar-refractivity contribution is 0.119. The molecule has 1 aliphatic carbocycles. The van der Waals surface area contributed by atoms with Crippen molar-refractivity contribution < 1.29 is 15.0 Å². The van der Waals surface area contributed by atoms with Gasteiger partial charge >= 0.3 is 6.03 Å². The van der Waals surface area contributed by atoms with Crippen LogP contribution >= 0.6 is 12.4 Å². The lowest BCUT2D eigenvalue weighted by atomic mass is 9.84. The van der Waals surface area contributed by atoms with Crippen LogP contribution in [0.1, 0.15) is 23.7 Å². The number of likely N-dealkylation sites (N-methyl/N-ethyl adjacent to an activating group) is 1. The highest BCUT2D eigenvalue weighted by Gasteiger charge is 2.29. The number of nitrogens with two attached hydrogens (primary N) is 1. The Hall–Kier alpha value is -1.50. The van der Waals surface area contributed by atoms with Crippen LogP contribution in [-0.2, 0) is 6.42 Å². The number of carbonyl (C=O) groups is 1. The molecule has 0 saturated heterocycles. The van der Waals surface area contributed by atoms with E-state index >= 15 is 0 Å². The number of nitrogens with one attached hydrogen (secondary N) is 2. The van der Waals surface area contributed by atoms with Crippen molar-refractivity contribution in [1.82, 2.24) is 5.32 Å². The number of benzene rings is 1. The van der Waals surface area contributed by atoms with Crippen LogP contribution in [0.5, 0.6) is 5.75 Å². The first-order chi connectivity index (χ1) is 8.54. The Bertz CT molecular complexity index is 482. The van der Waals surface area contributed by atoms with Crippen molar-refractivity contribution in [2.24, 2.45) is 5.73 Å². The third kappa shape index (κ3) is 2.91. The molecule has 0 aliphatic heterocycles. The molecule has 1 aromatic carbocycles. The maximum absolute atomic E-state index is 10.9. The van der Waals surface area contributed by atoms with Gasteiger partial charge in [0.2, 0.25) is 0 Å². The van der Waals surface area contributed by atoms with Gasteiger partial charge in [-0.3, -0.25) is 0 Å². The highest BCUT2D eigenvalue weighted by Crippen LogP contribution is 2.38. The van der Waals surface area contributed by atoms with Crippen molar-refractivity contribution in [2.45, 2.75) is 25.0 Å². The van der Waals surface area contributed by atoms with Gasteiger partial charge in [0.1, 0.15) is 5.75 Å². The van der Waals surface area contributed by atoms with E-state index in [4.69, 9.17) is 5.73 Å². The van der Waals surface area contributed by atoms with E-state index in [1.807, 2.05) is 0 Å². The van der Waals surface area contributed by atoms with Crippen LogP contribution in [-0.4, -0.2) is 29.3 Å². The minimum Gasteiger partial charge on any atom is -0.506 e. The molecule has 6 N–H and O–H groups in total. The zero-order valence-electron chi connectivity index (χ0n) is 10.5. The molecule has 0 radical (unpaired) electrons. The van der Waals surface area contributed by atoms with Crippen molar-refractivity contribution >= 4 is 24.1 Å². The number of primary amides is 1. The smallest absolute Gasteiger partial charge is 0.316 e. The van der Waals surface area contributed by atoms with Crippen LogP contribution in [0, 0.1) is 0 Å². The third-order valence-corrected chi connectivity index (χ3v) is 3.35. The molecule has 0 spiro atoms. The number of aliphatic hydroxyl groups is 1. The summed E-state index contributed by atoms with van der Waals surface area (Å²) in [7, 11) is 1.79. The van der Waals surface area contributed by atoms with Crippen molar-refractivity contribution in [3.8, 4) is 5.75 Å². The number of anilines is 1. The Labute approximate surface area is 117 Å². The number of hydrogen-bond acceptors (Lipinski definition) is 4. The Morgan fingerprint density at radius 1 is 1.47 bits per heavy atom. The van der Waals surface area contributed by atoms with Crippen molar-refractivity contribution in [3.05, 3.63) is 23.3 Å². The molecule has 2 amide bonds. The molecule has 0 heterocycles. The van der Waals surface area contributed by atoms with E-state index in [0.717, 1.165) is 12.0 Å². The molecule has 1 aromatic rings. The number of amides is 2. The second kappa shape index (κ2) is 6.10. The van der Waals surface area contributed by atoms with Crippen molar-refractivity contribution in [1.29, 1.82) is 0 Å². The second-order valence-electron chi connectivity index (χ2n) is 4.40. The van der Waals surface area contributed by atoms with E-state index in [0.29, 0.717) is 17.7 Å². The fraction of sp³-hybridized carbons (Fsp3) is 0.417. The first-order valence-electron chi connectivity index (χ1n) is 5.81. The Balaban J connectivity index is 0.00000180. The summed E-state index contributed by atoms with van der Waals surface area (Å²) < 4.78 is 0. The number of aliphatic hydroxyl groups excluding tert-OH is 1. The van der Waals surface area contributed by atoms with Gasteiger partial charge in [-0.1, -0.05) is 6.07 Å². The molecule has 6 nitrogen and oxygen atoms in total. The van der Waals surface area contributed by atoms with Crippen LogP contribution in [0.3, 0.4) is 0 Å². The van der Waals surface area contributed by atoms with Gasteiger partial charge in [0.05, 0.1) is 11.8 Å². The molecule has 0 aromatic heterocycles. The highest BCUT2D eigenvalue weighted by atomic mass is 35.5. The van der Waals surface area contributed by atoms with Gasteiger partial charge in [0.15, 0.2) is 0 Å². The summed E-state index contributed by atoms with van der Waals surface area (Å²) in [5.41, 5.74) is 6.83. The number of rotatable bonds is 2. The normalized spacial score (nSPS) is 21.2. The zero-order chi connectivity index (χ0) is 13.3. The van der Waals surface area contributed by atoms with E-state index in [1.54, 1.807) is 13.1 Å². The van der Waals surface area contributed by atoms with Crippen LogP contribution in [0.4, 0.5) is 10.5 Å². The largest absolute Gasteiger partial charge is 0.506 e. The Morgan fingerprint density at radius 2 is 2.16 bits per heavy atom. The molecule has 0 unspecified atom stereocenters. The maximum atomic E-state index is 10.9. The number of urea groups is 1. The summed E-state index contributed by atoms with van der Waals surface area (Å²) in [6.07, 6.45) is 0.719. The molecular weight excluding hydrogens is 270 g/mol. The topological polar surface area (TPSA) is 108 Å². The quantitative estimate of drug-likeness (QED) is 0.520. The average molecular weight is 288 g/mol. The molecule has 2 atom stereocenters. The molecule has 1 aliphatic rings. The summed E-state index contributed by atoms with van der Waals surface area (Å²) in [5.74, 6) is -0.0392. The Morgan fingerprint density at radius 3 is 2.74 bits per heavy atom. The van der Waals surface area contributed by atoms with Crippen LogP contribution < -0.4 is 16.4 Å². The summed E-state index contributed by atoms with van der Waals surface area (Å²) >= 11 is 0. The fourth-order valence-electron chi connectivity index (χ4n) is 2.44. The number of carbonyl (C=O) groups excluding carboxylic acids is 1. The third-order valence-electron chi connectivity index (χ3n) is 3.35. The Kier molecular flexibility index (Phi) is 4.99. The van der Waals surface area contributed by atoms with Gasteiger partial charge < -0.3 is 26.6 Å². The average Bonchev–Trinajstić information content (AvgIpc) is 2.33. The number of halogens is 1. The lowest BCUT2D eigenvalue weighted by Crippen LogP contribution is -2.36. The van der Waals surface area contributed by atoms with Crippen molar-refractivity contribution in [2.75, 3.05) is 12.4 Å².